The van der Waals surface area contributed by atoms with Gasteiger partial charge in [-0.15, -0.1) is 0 Å². The first-order valence-electron chi connectivity index (χ1n) is 14.1. The molecule has 0 amide bonds. The van der Waals surface area contributed by atoms with Crippen LogP contribution in [0.3, 0.4) is 0 Å². The number of carbonyl (C=O) groups is 4. The molecule has 220 valence electrons. The van der Waals surface area contributed by atoms with Crippen LogP contribution in [0, 0.1) is 11.8 Å². The zero-order valence-electron chi connectivity index (χ0n) is 24.5. The summed E-state index contributed by atoms with van der Waals surface area (Å²) in [7, 11) is 0. The van der Waals surface area contributed by atoms with E-state index in [1.54, 1.807) is 19.1 Å². The first kappa shape index (κ1) is 34.1. The Morgan fingerprint density at radius 2 is 1.41 bits per heavy atom. The van der Waals surface area contributed by atoms with E-state index >= 15 is 0 Å². The molecule has 0 spiro atoms. The third kappa shape index (κ3) is 14.1. The lowest BCUT2D eigenvalue weighted by Gasteiger charge is -2.17. The van der Waals surface area contributed by atoms with Gasteiger partial charge in [0.1, 0.15) is 18.8 Å². The molecule has 0 aliphatic rings. The topological polar surface area (TPSA) is 131 Å². The Kier molecular flexibility index (Phi) is 16.1. The molecule has 4 atom stereocenters. The number of hydrogen-bond acceptors (Lipinski definition) is 9. The Bertz CT molecular complexity index is 932. The van der Waals surface area contributed by atoms with Crippen LogP contribution >= 0.6 is 0 Å². The minimum atomic E-state index is -1.00. The molecule has 1 aromatic rings. The number of rotatable bonds is 18. The van der Waals surface area contributed by atoms with Gasteiger partial charge in [-0.3, -0.25) is 19.2 Å². The number of esters is 4. The monoisotopic (exact) mass is 549 g/mol. The number of carbonyl (C=O) groups excluding carboxylic acids is 4. The number of unbranched alkanes of at least 4 members (excludes halogenated alkanes) is 2. The van der Waals surface area contributed by atoms with Crippen molar-refractivity contribution in [2.75, 3.05) is 6.61 Å². The second-order valence-electron chi connectivity index (χ2n) is 10.4. The lowest BCUT2D eigenvalue weighted by Crippen LogP contribution is -2.36. The molecule has 0 saturated heterocycles. The number of ether oxygens (including phenoxy) is 4. The van der Waals surface area contributed by atoms with Crippen molar-refractivity contribution in [2.24, 2.45) is 17.6 Å². The minimum absolute atomic E-state index is 0.0982. The maximum Gasteiger partial charge on any atom is 0.323 e. The molecular weight excluding hydrogens is 502 g/mol. The summed E-state index contributed by atoms with van der Waals surface area (Å²) < 4.78 is 21.6. The fraction of sp³-hybridized carbons (Fsp3) is 0.667. The number of hydrogen-bond donors (Lipinski definition) is 1. The van der Waals surface area contributed by atoms with Crippen LogP contribution in [0.2, 0.25) is 0 Å². The van der Waals surface area contributed by atoms with Crippen LogP contribution in [0.5, 0.6) is 11.5 Å². The summed E-state index contributed by atoms with van der Waals surface area (Å²) in [5.41, 5.74) is 6.67. The van der Waals surface area contributed by atoms with Gasteiger partial charge in [0.2, 0.25) is 0 Å². The average Bonchev–Trinajstić information content (AvgIpc) is 2.88. The maximum absolute atomic E-state index is 12.5. The summed E-state index contributed by atoms with van der Waals surface area (Å²) in [6, 6.07) is 3.74. The van der Waals surface area contributed by atoms with Crippen LogP contribution in [-0.2, 0) is 35.1 Å². The van der Waals surface area contributed by atoms with E-state index in [1.165, 1.54) is 6.07 Å². The second-order valence-corrected chi connectivity index (χ2v) is 10.4. The number of benzene rings is 1. The highest BCUT2D eigenvalue weighted by atomic mass is 16.6. The zero-order chi connectivity index (χ0) is 29.4. The molecular formula is C30H47NO8. The Morgan fingerprint density at radius 3 is 1.97 bits per heavy atom. The normalized spacial score (nSPS) is 14.0. The second kappa shape index (κ2) is 18.4. The van der Waals surface area contributed by atoms with E-state index in [4.69, 9.17) is 24.7 Å². The SMILES string of the molecule is CCCCCC(=O)O[C@@H](C)COC(=O)[C@@H](N)Cc1ccc(OC(=O)CC(C)CC)c(OC(=O)CC(C)CC)c1. The van der Waals surface area contributed by atoms with E-state index in [9.17, 15) is 19.2 Å². The van der Waals surface area contributed by atoms with E-state index in [0.717, 1.165) is 32.1 Å². The standard InChI is InChI=1S/C30H47NO8/c1-7-10-11-12-27(32)37-22(6)19-36-30(35)24(31)17-23-13-14-25(38-28(33)15-20(4)8-2)26(18-23)39-29(34)16-21(5)9-3/h13-14,18,20-22,24H,7-12,15-17,19,31H2,1-6H3/t20?,21?,22-,24-/m0/s1. The van der Waals surface area contributed by atoms with E-state index < -0.39 is 30.1 Å². The molecule has 0 saturated carbocycles. The minimum Gasteiger partial charge on any atom is -0.461 e. The van der Waals surface area contributed by atoms with Crippen LogP contribution in [0.4, 0.5) is 0 Å². The third-order valence-corrected chi connectivity index (χ3v) is 6.42. The number of nitrogens with two attached hydrogens (primary N) is 1. The Balaban J connectivity index is 2.83. The van der Waals surface area contributed by atoms with Crippen molar-refractivity contribution in [1.29, 1.82) is 0 Å². The van der Waals surface area contributed by atoms with Crippen molar-refractivity contribution >= 4 is 23.9 Å². The van der Waals surface area contributed by atoms with Gasteiger partial charge in [-0.1, -0.05) is 66.4 Å². The molecule has 2 N–H and O–H groups in total. The van der Waals surface area contributed by atoms with E-state index in [1.807, 2.05) is 27.7 Å². The molecule has 0 bridgehead atoms. The van der Waals surface area contributed by atoms with Gasteiger partial charge in [-0.25, -0.2) is 0 Å². The summed E-state index contributed by atoms with van der Waals surface area (Å²) in [5.74, 6) is -1.31. The smallest absolute Gasteiger partial charge is 0.323 e. The first-order chi connectivity index (χ1) is 18.5. The van der Waals surface area contributed by atoms with Gasteiger partial charge < -0.3 is 24.7 Å². The first-order valence-corrected chi connectivity index (χ1v) is 14.1. The summed E-state index contributed by atoms with van der Waals surface area (Å²) in [6.07, 6.45) is 4.67. The van der Waals surface area contributed by atoms with E-state index in [2.05, 4.69) is 6.92 Å². The van der Waals surface area contributed by atoms with Gasteiger partial charge in [0.05, 0.1) is 0 Å². The van der Waals surface area contributed by atoms with Crippen molar-refractivity contribution in [3.63, 3.8) is 0 Å². The predicted molar refractivity (Wildman–Crippen MR) is 148 cm³/mol. The third-order valence-electron chi connectivity index (χ3n) is 6.42. The highest BCUT2D eigenvalue weighted by Crippen LogP contribution is 2.30. The molecule has 0 radical (unpaired) electrons. The Morgan fingerprint density at radius 1 is 0.821 bits per heavy atom. The lowest BCUT2D eigenvalue weighted by molar-refractivity contribution is -0.158. The maximum atomic E-state index is 12.5. The van der Waals surface area contributed by atoms with Gasteiger partial charge in [-0.05, 0) is 49.3 Å². The molecule has 0 heterocycles. The van der Waals surface area contributed by atoms with Gasteiger partial charge in [0, 0.05) is 19.3 Å². The lowest BCUT2D eigenvalue weighted by atomic mass is 10.0. The molecule has 0 aromatic heterocycles. The molecule has 9 nitrogen and oxygen atoms in total. The van der Waals surface area contributed by atoms with Gasteiger partial charge in [0.15, 0.2) is 11.5 Å². The molecule has 2 unspecified atom stereocenters. The molecule has 1 rings (SSSR count). The van der Waals surface area contributed by atoms with Crippen molar-refractivity contribution in [1.82, 2.24) is 0 Å². The molecule has 9 heteroatoms. The van der Waals surface area contributed by atoms with Gasteiger partial charge in [0.25, 0.3) is 0 Å². The van der Waals surface area contributed by atoms with Crippen LogP contribution in [0.25, 0.3) is 0 Å². The van der Waals surface area contributed by atoms with Crippen LogP contribution in [0.1, 0.15) is 98.5 Å². The largest absolute Gasteiger partial charge is 0.461 e. The van der Waals surface area contributed by atoms with Crippen molar-refractivity contribution < 1.29 is 38.1 Å². The van der Waals surface area contributed by atoms with Crippen molar-refractivity contribution in [2.45, 2.75) is 111 Å². The quantitative estimate of drug-likeness (QED) is 0.147. The van der Waals surface area contributed by atoms with Crippen molar-refractivity contribution in [3.8, 4) is 11.5 Å². The highest BCUT2D eigenvalue weighted by Gasteiger charge is 2.21. The molecule has 1 aromatic carbocycles. The van der Waals surface area contributed by atoms with E-state index in [0.29, 0.717) is 12.0 Å². The fourth-order valence-electron chi connectivity index (χ4n) is 3.51. The predicted octanol–water partition coefficient (Wildman–Crippen LogP) is 5.29. The van der Waals surface area contributed by atoms with Gasteiger partial charge in [-0.2, -0.15) is 0 Å². The van der Waals surface area contributed by atoms with E-state index in [-0.39, 0.29) is 55.2 Å². The summed E-state index contributed by atoms with van der Waals surface area (Å²) in [5, 5.41) is 0. The fourth-order valence-corrected chi connectivity index (χ4v) is 3.51. The molecule has 0 aliphatic carbocycles. The van der Waals surface area contributed by atoms with Gasteiger partial charge >= 0.3 is 23.9 Å². The Labute approximate surface area is 233 Å². The molecule has 39 heavy (non-hydrogen) atoms. The summed E-state index contributed by atoms with van der Waals surface area (Å²) >= 11 is 0. The Hall–Kier alpha value is -2.94. The van der Waals surface area contributed by atoms with Crippen LogP contribution in [0.15, 0.2) is 18.2 Å². The van der Waals surface area contributed by atoms with Crippen LogP contribution in [-0.4, -0.2) is 42.6 Å². The molecule has 0 fully saturated rings. The summed E-state index contributed by atoms with van der Waals surface area (Å²) in [6.45, 7) is 11.5. The summed E-state index contributed by atoms with van der Waals surface area (Å²) in [4.78, 5) is 49.2. The van der Waals surface area contributed by atoms with Crippen molar-refractivity contribution in [3.05, 3.63) is 23.8 Å². The molecule has 0 aliphatic heterocycles. The average molecular weight is 550 g/mol. The van der Waals surface area contributed by atoms with Crippen LogP contribution < -0.4 is 15.2 Å². The zero-order valence-corrected chi connectivity index (χ0v) is 24.5. The highest BCUT2D eigenvalue weighted by molar-refractivity contribution is 5.77.